The molecule has 1 aliphatic carbocycles. The Hall–Kier alpha value is -3.02. The number of nitrogens with one attached hydrogen (secondary N) is 1. The number of benzene rings is 1. The molecular weight excluding hydrogens is 378 g/mol. The minimum atomic E-state index is -2.27. The lowest BCUT2D eigenvalue weighted by molar-refractivity contribution is -0.299. The van der Waals surface area contributed by atoms with Gasteiger partial charge in [-0.1, -0.05) is 13.3 Å². The Bertz CT molecular complexity index is 1010. The maximum absolute atomic E-state index is 14.7. The Kier molecular flexibility index (Phi) is 4.15. The lowest BCUT2D eigenvalue weighted by Crippen LogP contribution is -2.61. The number of ether oxygens (including phenoxy) is 2. The van der Waals surface area contributed by atoms with Gasteiger partial charge < -0.3 is 9.47 Å². The van der Waals surface area contributed by atoms with E-state index in [1.807, 2.05) is 25.1 Å². The standard InChI is InChI=1S/C21H18F2N4O2/c1-2-12-5-6-21-16(7-12)20(11-26,18(27)29-21)19(9-24,10-25)17(28-21)14-8-13(22)3-4-15(14)23/h3-4,8,12,16-17,27H,2,5-7H2,1H3. The zero-order valence-corrected chi connectivity index (χ0v) is 15.7. The van der Waals surface area contributed by atoms with Crippen molar-refractivity contribution in [1.82, 2.24) is 0 Å². The highest BCUT2D eigenvalue weighted by Crippen LogP contribution is 2.70. The van der Waals surface area contributed by atoms with Gasteiger partial charge in [-0.15, -0.1) is 0 Å². The Morgan fingerprint density at radius 3 is 2.55 bits per heavy atom. The van der Waals surface area contributed by atoms with Gasteiger partial charge in [-0.05, 0) is 37.0 Å². The van der Waals surface area contributed by atoms with Gasteiger partial charge in [0.25, 0.3) is 0 Å². The van der Waals surface area contributed by atoms with Gasteiger partial charge in [0.05, 0.1) is 24.1 Å². The number of rotatable bonds is 2. The molecule has 8 heteroatoms. The smallest absolute Gasteiger partial charge is 0.217 e. The van der Waals surface area contributed by atoms with Crippen LogP contribution in [0.2, 0.25) is 0 Å². The molecule has 0 aromatic heterocycles. The van der Waals surface area contributed by atoms with E-state index in [9.17, 15) is 24.6 Å². The Labute approximate surface area is 166 Å². The Morgan fingerprint density at radius 2 is 1.93 bits per heavy atom. The van der Waals surface area contributed by atoms with Gasteiger partial charge in [0, 0.05) is 12.0 Å². The van der Waals surface area contributed by atoms with Gasteiger partial charge in [0.1, 0.15) is 17.7 Å². The number of hydrogen-bond donors (Lipinski definition) is 1. The highest BCUT2D eigenvalue weighted by molar-refractivity contribution is 5.89. The van der Waals surface area contributed by atoms with Gasteiger partial charge in [-0.25, -0.2) is 8.78 Å². The van der Waals surface area contributed by atoms with Gasteiger partial charge >= 0.3 is 0 Å². The largest absolute Gasteiger partial charge is 0.447 e. The van der Waals surface area contributed by atoms with E-state index in [0.717, 1.165) is 24.6 Å². The molecule has 148 valence electrons. The molecular formula is C21H18F2N4O2. The van der Waals surface area contributed by atoms with E-state index in [1.54, 1.807) is 0 Å². The van der Waals surface area contributed by atoms with Crippen LogP contribution in [0, 0.1) is 73.7 Å². The van der Waals surface area contributed by atoms with Gasteiger partial charge in [0.15, 0.2) is 5.41 Å². The molecule has 1 N–H and O–H groups in total. The van der Waals surface area contributed by atoms with Crippen LogP contribution in [0.4, 0.5) is 8.78 Å². The van der Waals surface area contributed by atoms with Crippen LogP contribution in [0.3, 0.4) is 0 Å². The van der Waals surface area contributed by atoms with Crippen molar-refractivity contribution in [3.8, 4) is 18.2 Å². The first kappa shape index (κ1) is 19.3. The lowest BCUT2D eigenvalue weighted by Gasteiger charge is -2.52. The second kappa shape index (κ2) is 6.24. The molecule has 0 amide bonds. The lowest BCUT2D eigenvalue weighted by atomic mass is 9.50. The SMILES string of the molecule is CCC1CCC23OC(=N)C(C#N)(C2C1)C(C#N)(C#N)C(c1cc(F)ccc1F)O3. The molecule has 2 saturated heterocycles. The fraction of sp³-hybridized carbons (Fsp3) is 0.524. The molecule has 1 saturated carbocycles. The molecule has 5 unspecified atom stereocenters. The van der Waals surface area contributed by atoms with Crippen LogP contribution in [0.1, 0.15) is 44.3 Å². The van der Waals surface area contributed by atoms with Crippen molar-refractivity contribution in [2.45, 2.75) is 44.5 Å². The number of hydrogen-bond acceptors (Lipinski definition) is 6. The summed E-state index contributed by atoms with van der Waals surface area (Å²) < 4.78 is 40.5. The first-order valence-corrected chi connectivity index (χ1v) is 9.48. The van der Waals surface area contributed by atoms with Crippen molar-refractivity contribution in [3.05, 3.63) is 35.4 Å². The number of nitrogens with zero attached hydrogens (tertiary/aromatic N) is 3. The monoisotopic (exact) mass is 396 g/mol. The molecule has 0 radical (unpaired) electrons. The minimum absolute atomic E-state index is 0.219. The highest BCUT2D eigenvalue weighted by atomic mass is 19.1. The molecule has 1 aromatic rings. The number of nitriles is 3. The molecule has 2 heterocycles. The zero-order chi connectivity index (χ0) is 21.0. The minimum Gasteiger partial charge on any atom is -0.447 e. The van der Waals surface area contributed by atoms with Crippen molar-refractivity contribution in [2.24, 2.45) is 22.7 Å². The van der Waals surface area contributed by atoms with Gasteiger partial charge in [0.2, 0.25) is 17.1 Å². The molecule has 2 aliphatic heterocycles. The normalized spacial score (nSPS) is 36.8. The first-order chi connectivity index (χ1) is 13.8. The van der Waals surface area contributed by atoms with E-state index < -0.39 is 46.2 Å². The second-order valence-corrected chi connectivity index (χ2v) is 7.96. The van der Waals surface area contributed by atoms with Crippen LogP contribution in [-0.4, -0.2) is 11.7 Å². The molecule has 3 aliphatic rings. The third-order valence-corrected chi connectivity index (χ3v) is 6.84. The zero-order valence-electron chi connectivity index (χ0n) is 15.7. The summed E-state index contributed by atoms with van der Waals surface area (Å²) >= 11 is 0. The molecule has 1 aromatic carbocycles. The van der Waals surface area contributed by atoms with Crippen LogP contribution >= 0.6 is 0 Å². The Balaban J connectivity index is 2.00. The van der Waals surface area contributed by atoms with Crippen molar-refractivity contribution in [2.75, 3.05) is 0 Å². The predicted octanol–water partition coefficient (Wildman–Crippen LogP) is 4.11. The van der Waals surface area contributed by atoms with Crippen LogP contribution in [0.5, 0.6) is 0 Å². The molecule has 0 spiro atoms. The molecule has 4 rings (SSSR count). The predicted molar refractivity (Wildman–Crippen MR) is 94.6 cm³/mol. The van der Waals surface area contributed by atoms with E-state index in [0.29, 0.717) is 19.3 Å². The van der Waals surface area contributed by atoms with E-state index in [2.05, 4.69) is 0 Å². The van der Waals surface area contributed by atoms with Crippen molar-refractivity contribution in [3.63, 3.8) is 0 Å². The molecule has 29 heavy (non-hydrogen) atoms. The number of halogens is 2. The highest BCUT2D eigenvalue weighted by Gasteiger charge is 2.81. The topological polar surface area (TPSA) is 114 Å². The van der Waals surface area contributed by atoms with Crippen molar-refractivity contribution in [1.29, 1.82) is 21.2 Å². The summed E-state index contributed by atoms with van der Waals surface area (Å²) in [6, 6.07) is 8.42. The average molecular weight is 396 g/mol. The van der Waals surface area contributed by atoms with Gasteiger partial charge in [-0.2, -0.15) is 15.8 Å². The fourth-order valence-electron chi connectivity index (χ4n) is 5.28. The summed E-state index contributed by atoms with van der Waals surface area (Å²) in [5.74, 6) is -4.06. The quantitative estimate of drug-likeness (QED) is 0.808. The fourth-order valence-corrected chi connectivity index (χ4v) is 5.28. The van der Waals surface area contributed by atoms with Crippen molar-refractivity contribution < 1.29 is 18.3 Å². The van der Waals surface area contributed by atoms with Crippen LogP contribution in [0.15, 0.2) is 18.2 Å². The average Bonchev–Trinajstić information content (AvgIpc) is 2.93. The summed E-state index contributed by atoms with van der Waals surface area (Å²) in [6.07, 6.45) is 0.727. The molecule has 2 bridgehead atoms. The molecule has 3 fully saturated rings. The second-order valence-electron chi connectivity index (χ2n) is 7.96. The molecule has 6 nitrogen and oxygen atoms in total. The van der Waals surface area contributed by atoms with E-state index in [4.69, 9.17) is 14.9 Å². The van der Waals surface area contributed by atoms with E-state index in [1.165, 1.54) is 0 Å². The van der Waals surface area contributed by atoms with Gasteiger partial charge in [-0.3, -0.25) is 5.41 Å². The van der Waals surface area contributed by atoms with E-state index >= 15 is 0 Å². The maximum Gasteiger partial charge on any atom is 0.217 e. The van der Waals surface area contributed by atoms with Crippen LogP contribution < -0.4 is 0 Å². The molecule has 5 atom stereocenters. The summed E-state index contributed by atoms with van der Waals surface area (Å²) in [5, 5.41) is 38.9. The van der Waals surface area contributed by atoms with E-state index in [-0.39, 0.29) is 11.5 Å². The summed E-state index contributed by atoms with van der Waals surface area (Å²) in [7, 11) is 0. The summed E-state index contributed by atoms with van der Waals surface area (Å²) in [6.45, 7) is 2.01. The summed E-state index contributed by atoms with van der Waals surface area (Å²) in [5.41, 5.74) is -4.54. The van der Waals surface area contributed by atoms with Crippen LogP contribution in [-0.2, 0) is 9.47 Å². The Morgan fingerprint density at radius 1 is 1.21 bits per heavy atom. The maximum atomic E-state index is 14.7. The first-order valence-electron chi connectivity index (χ1n) is 9.48. The van der Waals surface area contributed by atoms with Crippen LogP contribution in [0.25, 0.3) is 0 Å². The third kappa shape index (κ3) is 2.17. The van der Waals surface area contributed by atoms with Crippen molar-refractivity contribution >= 4 is 5.90 Å². The summed E-state index contributed by atoms with van der Waals surface area (Å²) in [4.78, 5) is 0. The third-order valence-electron chi connectivity index (χ3n) is 6.84.